The first-order chi connectivity index (χ1) is 7.62. The van der Waals surface area contributed by atoms with E-state index in [9.17, 15) is 4.79 Å². The predicted octanol–water partition coefficient (Wildman–Crippen LogP) is 4.12. The number of hydrogen-bond acceptors (Lipinski definition) is 2. The highest BCUT2D eigenvalue weighted by Crippen LogP contribution is 2.22. The van der Waals surface area contributed by atoms with E-state index in [-0.39, 0.29) is 23.2 Å². The van der Waals surface area contributed by atoms with Crippen LogP contribution in [-0.4, -0.2) is 17.7 Å². The van der Waals surface area contributed by atoms with Crippen molar-refractivity contribution in [2.75, 3.05) is 0 Å². The van der Waals surface area contributed by atoms with Gasteiger partial charge in [0.25, 0.3) is 0 Å². The number of carbonyl (C=O) groups is 1. The molecule has 0 spiro atoms. The second-order valence-electron chi connectivity index (χ2n) is 6.37. The van der Waals surface area contributed by atoms with Gasteiger partial charge in [-0.3, -0.25) is 0 Å². The van der Waals surface area contributed by atoms with Crippen LogP contribution < -0.4 is 5.32 Å². The first-order valence-electron chi connectivity index (χ1n) is 6.62. The highest BCUT2D eigenvalue weighted by atomic mass is 16.6. The molecule has 3 heteroatoms. The fourth-order valence-corrected chi connectivity index (χ4v) is 2.01. The van der Waals surface area contributed by atoms with Gasteiger partial charge in [-0.1, -0.05) is 41.0 Å². The fraction of sp³-hybridized carbons (Fsp3) is 0.929. The Balaban J connectivity index is 4.35. The van der Waals surface area contributed by atoms with E-state index in [1.165, 1.54) is 0 Å². The van der Waals surface area contributed by atoms with Crippen molar-refractivity contribution in [3.63, 3.8) is 0 Å². The Hall–Kier alpha value is -0.730. The summed E-state index contributed by atoms with van der Waals surface area (Å²) in [5.41, 5.74) is -0.322. The largest absolute Gasteiger partial charge is 0.444 e. The van der Waals surface area contributed by atoms with E-state index in [0.29, 0.717) is 0 Å². The fourth-order valence-electron chi connectivity index (χ4n) is 2.01. The maximum atomic E-state index is 11.8. The summed E-state index contributed by atoms with van der Waals surface area (Å²) in [4.78, 5) is 11.8. The zero-order chi connectivity index (χ0) is 13.7. The number of alkyl carbamates (subject to hydrolysis) is 1. The van der Waals surface area contributed by atoms with Crippen LogP contribution in [-0.2, 0) is 4.74 Å². The monoisotopic (exact) mass is 243 g/mol. The first-order valence-corrected chi connectivity index (χ1v) is 6.62. The molecule has 1 unspecified atom stereocenters. The van der Waals surface area contributed by atoms with Crippen molar-refractivity contribution in [1.29, 1.82) is 0 Å². The van der Waals surface area contributed by atoms with Crippen LogP contribution in [0.4, 0.5) is 4.79 Å². The molecule has 0 aromatic rings. The van der Waals surface area contributed by atoms with Gasteiger partial charge in [-0.25, -0.2) is 4.79 Å². The number of carbonyl (C=O) groups excluding carboxylic acids is 1. The number of ether oxygens (including phenoxy) is 1. The highest BCUT2D eigenvalue weighted by Gasteiger charge is 2.28. The van der Waals surface area contributed by atoms with Gasteiger partial charge in [0.1, 0.15) is 5.60 Å². The van der Waals surface area contributed by atoms with Gasteiger partial charge in [0.05, 0.1) is 0 Å². The molecule has 0 fully saturated rings. The van der Waals surface area contributed by atoms with Crippen molar-refractivity contribution >= 4 is 6.09 Å². The van der Waals surface area contributed by atoms with Crippen LogP contribution in [0.5, 0.6) is 0 Å². The van der Waals surface area contributed by atoms with Gasteiger partial charge in [0, 0.05) is 6.04 Å². The van der Waals surface area contributed by atoms with Gasteiger partial charge >= 0.3 is 6.09 Å². The average molecular weight is 243 g/mol. The summed E-state index contributed by atoms with van der Waals surface area (Å²) in [6.07, 6.45) is 2.50. The van der Waals surface area contributed by atoms with E-state index in [0.717, 1.165) is 19.3 Å². The Kier molecular flexibility index (Phi) is 6.00. The number of nitrogens with one attached hydrogen (secondary N) is 1. The molecule has 3 nitrogen and oxygen atoms in total. The van der Waals surface area contributed by atoms with Gasteiger partial charge in [-0.15, -0.1) is 0 Å². The van der Waals surface area contributed by atoms with Crippen LogP contribution in [0.25, 0.3) is 0 Å². The number of amides is 1. The lowest BCUT2D eigenvalue weighted by Crippen LogP contribution is -2.45. The molecule has 0 aliphatic carbocycles. The molecular formula is C14H29NO2. The van der Waals surface area contributed by atoms with Crippen molar-refractivity contribution in [3.8, 4) is 0 Å². The zero-order valence-corrected chi connectivity index (χ0v) is 12.5. The molecule has 1 atom stereocenters. The van der Waals surface area contributed by atoms with Gasteiger partial charge < -0.3 is 10.1 Å². The third-order valence-corrected chi connectivity index (χ3v) is 2.97. The summed E-state index contributed by atoms with van der Waals surface area (Å²) in [5, 5.41) is 2.96. The second-order valence-corrected chi connectivity index (χ2v) is 6.37. The molecule has 0 aromatic carbocycles. The van der Waals surface area contributed by atoms with Crippen LogP contribution in [0.2, 0.25) is 0 Å². The molecule has 0 bridgehead atoms. The minimum Gasteiger partial charge on any atom is -0.444 e. The summed E-state index contributed by atoms with van der Waals surface area (Å²) in [6, 6.07) is 0.146. The molecule has 0 aliphatic rings. The van der Waals surface area contributed by atoms with Gasteiger partial charge in [0.15, 0.2) is 0 Å². The topological polar surface area (TPSA) is 38.3 Å². The Morgan fingerprint density at radius 2 is 1.71 bits per heavy atom. The second kappa shape index (κ2) is 6.27. The van der Waals surface area contributed by atoms with Crippen molar-refractivity contribution in [3.05, 3.63) is 0 Å². The average Bonchev–Trinajstić information content (AvgIpc) is 2.11. The minimum atomic E-state index is -0.380. The normalized spacial score (nSPS) is 14.3. The molecule has 0 rings (SSSR count). The smallest absolute Gasteiger partial charge is 0.407 e. The maximum Gasteiger partial charge on any atom is 0.407 e. The molecule has 0 radical (unpaired) electrons. The quantitative estimate of drug-likeness (QED) is 0.789. The predicted molar refractivity (Wildman–Crippen MR) is 72.1 cm³/mol. The van der Waals surface area contributed by atoms with E-state index < -0.39 is 0 Å². The Morgan fingerprint density at radius 3 is 2.06 bits per heavy atom. The Morgan fingerprint density at radius 1 is 1.18 bits per heavy atom. The summed E-state index contributed by atoms with van der Waals surface area (Å²) in [6.45, 7) is 14.4. The van der Waals surface area contributed by atoms with Crippen molar-refractivity contribution < 1.29 is 9.53 Å². The summed E-state index contributed by atoms with van der Waals surface area (Å²) in [7, 11) is 0. The Labute approximate surface area is 106 Å². The van der Waals surface area contributed by atoms with Crippen LogP contribution in [0.1, 0.15) is 67.7 Å². The zero-order valence-electron chi connectivity index (χ0n) is 12.5. The third-order valence-electron chi connectivity index (χ3n) is 2.97. The van der Waals surface area contributed by atoms with E-state index in [2.05, 4.69) is 39.9 Å². The molecule has 0 saturated carbocycles. The van der Waals surface area contributed by atoms with Crippen LogP contribution in [0.3, 0.4) is 0 Å². The van der Waals surface area contributed by atoms with Gasteiger partial charge in [-0.05, 0) is 32.1 Å². The van der Waals surface area contributed by atoms with Gasteiger partial charge in [-0.2, -0.15) is 0 Å². The van der Waals surface area contributed by atoms with Crippen molar-refractivity contribution in [2.24, 2.45) is 5.41 Å². The summed E-state index contributed by atoms with van der Waals surface area (Å²) >= 11 is 0. The molecular weight excluding hydrogens is 214 g/mol. The molecule has 17 heavy (non-hydrogen) atoms. The number of hydrogen-bond donors (Lipinski definition) is 1. The molecule has 0 heterocycles. The maximum absolute atomic E-state index is 11.8. The summed E-state index contributed by atoms with van der Waals surface area (Å²) in [5.74, 6) is 0. The standard InChI is InChI=1S/C14H29NO2/c1-8-10-14(6,7)17-12(16)15-11(9-2)13(3,4)5/h11H,8-10H2,1-7H3,(H,15,16). The van der Waals surface area contributed by atoms with E-state index in [4.69, 9.17) is 4.74 Å². The molecule has 0 aliphatic heterocycles. The molecule has 102 valence electrons. The van der Waals surface area contributed by atoms with Crippen LogP contribution in [0, 0.1) is 5.41 Å². The van der Waals surface area contributed by atoms with Crippen LogP contribution in [0.15, 0.2) is 0 Å². The molecule has 0 saturated heterocycles. The minimum absolute atomic E-state index is 0.0582. The van der Waals surface area contributed by atoms with E-state index in [1.807, 2.05) is 13.8 Å². The third kappa shape index (κ3) is 6.54. The van der Waals surface area contributed by atoms with Gasteiger partial charge in [0.2, 0.25) is 0 Å². The Bertz CT molecular complexity index is 241. The molecule has 0 aromatic heterocycles. The number of rotatable bonds is 5. The van der Waals surface area contributed by atoms with E-state index >= 15 is 0 Å². The van der Waals surface area contributed by atoms with E-state index in [1.54, 1.807) is 0 Å². The van der Waals surface area contributed by atoms with Crippen molar-refractivity contribution in [2.45, 2.75) is 79.4 Å². The lowest BCUT2D eigenvalue weighted by Gasteiger charge is -2.32. The molecule has 1 amide bonds. The SMILES string of the molecule is CCCC(C)(C)OC(=O)NC(CC)C(C)(C)C. The lowest BCUT2D eigenvalue weighted by molar-refractivity contribution is 0.0270. The summed E-state index contributed by atoms with van der Waals surface area (Å²) < 4.78 is 5.46. The first kappa shape index (κ1) is 16.3. The highest BCUT2D eigenvalue weighted by molar-refractivity contribution is 5.68. The van der Waals surface area contributed by atoms with Crippen LogP contribution >= 0.6 is 0 Å². The van der Waals surface area contributed by atoms with Crippen molar-refractivity contribution in [1.82, 2.24) is 5.32 Å². The molecule has 1 N–H and O–H groups in total. The lowest BCUT2D eigenvalue weighted by atomic mass is 9.85.